The minimum absolute atomic E-state index is 0.0964. The SMILES string of the molecule is CCC(Nc1ncnc2c1nnn2Cc1ccccc1)C(=O)NC. The molecule has 0 aliphatic heterocycles. The Labute approximate surface area is 139 Å². The van der Waals surface area contributed by atoms with Crippen LogP contribution in [0, 0.1) is 0 Å². The van der Waals surface area contributed by atoms with Crippen molar-refractivity contribution in [1.82, 2.24) is 30.3 Å². The van der Waals surface area contributed by atoms with E-state index in [4.69, 9.17) is 0 Å². The average molecular weight is 325 g/mol. The molecule has 2 heterocycles. The zero-order chi connectivity index (χ0) is 16.9. The Balaban J connectivity index is 1.90. The van der Waals surface area contributed by atoms with Crippen LogP contribution in [0.15, 0.2) is 36.7 Å². The summed E-state index contributed by atoms with van der Waals surface area (Å²) >= 11 is 0. The number of benzene rings is 1. The molecule has 24 heavy (non-hydrogen) atoms. The van der Waals surface area contributed by atoms with Crippen LogP contribution in [0.2, 0.25) is 0 Å². The maximum Gasteiger partial charge on any atom is 0.242 e. The molecule has 0 radical (unpaired) electrons. The molecule has 8 nitrogen and oxygen atoms in total. The first-order valence-electron chi connectivity index (χ1n) is 7.79. The van der Waals surface area contributed by atoms with Crippen LogP contribution in [0.25, 0.3) is 11.2 Å². The molecular weight excluding hydrogens is 306 g/mol. The average Bonchev–Trinajstić information content (AvgIpc) is 3.03. The molecule has 1 aromatic carbocycles. The molecule has 0 aliphatic rings. The van der Waals surface area contributed by atoms with Gasteiger partial charge in [-0.05, 0) is 12.0 Å². The Hall–Kier alpha value is -3.03. The molecule has 0 saturated heterocycles. The Morgan fingerprint density at radius 2 is 2.04 bits per heavy atom. The third-order valence-corrected chi connectivity index (χ3v) is 3.76. The Morgan fingerprint density at radius 1 is 1.25 bits per heavy atom. The number of fused-ring (bicyclic) bond motifs is 1. The lowest BCUT2D eigenvalue weighted by Gasteiger charge is -2.15. The zero-order valence-corrected chi connectivity index (χ0v) is 13.6. The highest BCUT2D eigenvalue weighted by Crippen LogP contribution is 2.18. The van der Waals surface area contributed by atoms with Gasteiger partial charge in [-0.25, -0.2) is 14.6 Å². The highest BCUT2D eigenvalue weighted by atomic mass is 16.2. The minimum Gasteiger partial charge on any atom is -0.357 e. The molecule has 0 fully saturated rings. The monoisotopic (exact) mass is 325 g/mol. The van der Waals surface area contributed by atoms with E-state index in [1.54, 1.807) is 11.7 Å². The van der Waals surface area contributed by atoms with E-state index in [1.807, 2.05) is 37.3 Å². The van der Waals surface area contributed by atoms with E-state index in [0.29, 0.717) is 29.9 Å². The third kappa shape index (κ3) is 3.17. The second kappa shape index (κ2) is 7.03. The number of nitrogens with zero attached hydrogens (tertiary/aromatic N) is 5. The van der Waals surface area contributed by atoms with E-state index in [-0.39, 0.29) is 11.9 Å². The Kier molecular flexibility index (Phi) is 4.64. The number of carbonyl (C=O) groups is 1. The largest absolute Gasteiger partial charge is 0.357 e. The van der Waals surface area contributed by atoms with Crippen LogP contribution in [0.1, 0.15) is 18.9 Å². The topological polar surface area (TPSA) is 97.6 Å². The van der Waals surface area contributed by atoms with Crippen molar-refractivity contribution in [1.29, 1.82) is 0 Å². The summed E-state index contributed by atoms with van der Waals surface area (Å²) in [6.45, 7) is 2.50. The second-order valence-corrected chi connectivity index (χ2v) is 5.35. The summed E-state index contributed by atoms with van der Waals surface area (Å²) in [5.41, 5.74) is 2.29. The summed E-state index contributed by atoms with van der Waals surface area (Å²) in [6.07, 6.45) is 2.08. The van der Waals surface area contributed by atoms with E-state index < -0.39 is 0 Å². The fourth-order valence-electron chi connectivity index (χ4n) is 2.45. The molecule has 2 N–H and O–H groups in total. The van der Waals surface area contributed by atoms with Gasteiger partial charge in [0.1, 0.15) is 12.4 Å². The smallest absolute Gasteiger partial charge is 0.242 e. The lowest BCUT2D eigenvalue weighted by molar-refractivity contribution is -0.121. The summed E-state index contributed by atoms with van der Waals surface area (Å²) in [6, 6.07) is 9.58. The van der Waals surface area contributed by atoms with Gasteiger partial charge in [0.15, 0.2) is 17.0 Å². The van der Waals surface area contributed by atoms with Crippen molar-refractivity contribution >= 4 is 22.9 Å². The Bertz CT molecular complexity index is 831. The fraction of sp³-hybridized carbons (Fsp3) is 0.312. The maximum atomic E-state index is 11.9. The summed E-state index contributed by atoms with van der Waals surface area (Å²) in [5, 5.41) is 14.1. The van der Waals surface area contributed by atoms with Crippen LogP contribution in [-0.2, 0) is 11.3 Å². The lowest BCUT2D eigenvalue weighted by Crippen LogP contribution is -2.37. The highest BCUT2D eigenvalue weighted by Gasteiger charge is 2.19. The first kappa shape index (κ1) is 15.9. The van der Waals surface area contributed by atoms with Crippen LogP contribution in [0.5, 0.6) is 0 Å². The Morgan fingerprint density at radius 3 is 2.75 bits per heavy atom. The molecule has 3 rings (SSSR count). The van der Waals surface area contributed by atoms with Gasteiger partial charge in [0.25, 0.3) is 0 Å². The third-order valence-electron chi connectivity index (χ3n) is 3.76. The van der Waals surface area contributed by atoms with Gasteiger partial charge in [-0.2, -0.15) is 0 Å². The molecule has 0 spiro atoms. The number of nitrogens with one attached hydrogen (secondary N) is 2. The van der Waals surface area contributed by atoms with Gasteiger partial charge in [0.05, 0.1) is 6.54 Å². The van der Waals surface area contributed by atoms with Crippen LogP contribution in [0.4, 0.5) is 5.82 Å². The van der Waals surface area contributed by atoms with Gasteiger partial charge in [-0.3, -0.25) is 4.79 Å². The molecule has 1 unspecified atom stereocenters. The number of rotatable bonds is 6. The van der Waals surface area contributed by atoms with Crippen LogP contribution < -0.4 is 10.6 Å². The highest BCUT2D eigenvalue weighted by molar-refractivity contribution is 5.88. The van der Waals surface area contributed by atoms with Crippen molar-refractivity contribution in [2.75, 3.05) is 12.4 Å². The summed E-state index contributed by atoms with van der Waals surface area (Å²) in [5.74, 6) is 0.413. The molecular formula is C16H19N7O. The minimum atomic E-state index is -0.382. The first-order valence-corrected chi connectivity index (χ1v) is 7.79. The molecule has 0 saturated carbocycles. The number of likely N-dealkylation sites (N-methyl/N-ethyl adjacent to an activating group) is 1. The van der Waals surface area contributed by atoms with Crippen molar-refractivity contribution < 1.29 is 4.79 Å². The molecule has 0 aliphatic carbocycles. The van der Waals surface area contributed by atoms with Gasteiger partial charge in [-0.15, -0.1) is 5.10 Å². The van der Waals surface area contributed by atoms with E-state index in [0.717, 1.165) is 5.56 Å². The van der Waals surface area contributed by atoms with Gasteiger partial charge in [-0.1, -0.05) is 42.5 Å². The van der Waals surface area contributed by atoms with Crippen molar-refractivity contribution in [2.45, 2.75) is 25.9 Å². The van der Waals surface area contributed by atoms with Gasteiger partial charge in [0, 0.05) is 7.05 Å². The summed E-state index contributed by atoms with van der Waals surface area (Å²) in [4.78, 5) is 20.4. The molecule has 2 aromatic heterocycles. The van der Waals surface area contributed by atoms with Crippen molar-refractivity contribution in [3.8, 4) is 0 Å². The van der Waals surface area contributed by atoms with E-state index >= 15 is 0 Å². The predicted octanol–water partition coefficient (Wildman–Crippen LogP) is 1.21. The fourth-order valence-corrected chi connectivity index (χ4v) is 2.45. The molecule has 124 valence electrons. The van der Waals surface area contributed by atoms with Gasteiger partial charge < -0.3 is 10.6 Å². The lowest BCUT2D eigenvalue weighted by atomic mass is 10.2. The normalized spacial score (nSPS) is 12.1. The summed E-state index contributed by atoms with van der Waals surface area (Å²) < 4.78 is 1.72. The number of anilines is 1. The summed E-state index contributed by atoms with van der Waals surface area (Å²) in [7, 11) is 1.61. The number of carbonyl (C=O) groups excluding carboxylic acids is 1. The zero-order valence-electron chi connectivity index (χ0n) is 13.6. The molecule has 0 bridgehead atoms. The van der Waals surface area contributed by atoms with E-state index in [1.165, 1.54) is 6.33 Å². The van der Waals surface area contributed by atoms with Crippen molar-refractivity contribution in [3.63, 3.8) is 0 Å². The molecule has 1 atom stereocenters. The van der Waals surface area contributed by atoms with Crippen LogP contribution >= 0.6 is 0 Å². The molecule has 8 heteroatoms. The van der Waals surface area contributed by atoms with Crippen LogP contribution in [0.3, 0.4) is 0 Å². The second-order valence-electron chi connectivity index (χ2n) is 5.35. The number of hydrogen-bond acceptors (Lipinski definition) is 6. The molecule has 1 amide bonds. The number of hydrogen-bond donors (Lipinski definition) is 2. The van der Waals surface area contributed by atoms with Gasteiger partial charge >= 0.3 is 0 Å². The first-order chi connectivity index (χ1) is 11.7. The maximum absolute atomic E-state index is 11.9. The predicted molar refractivity (Wildman–Crippen MR) is 90.4 cm³/mol. The quantitative estimate of drug-likeness (QED) is 0.707. The molecule has 3 aromatic rings. The van der Waals surface area contributed by atoms with Crippen LogP contribution in [-0.4, -0.2) is 44.0 Å². The standard InChI is InChI=1S/C16H19N7O/c1-3-12(16(24)17-2)20-14-13-15(19-10-18-14)23(22-21-13)9-11-7-5-4-6-8-11/h4-8,10,12H,3,9H2,1-2H3,(H,17,24)(H,18,19,20). The van der Waals surface area contributed by atoms with Gasteiger partial charge in [0.2, 0.25) is 5.91 Å². The van der Waals surface area contributed by atoms with E-state index in [2.05, 4.69) is 30.9 Å². The van der Waals surface area contributed by atoms with E-state index in [9.17, 15) is 4.79 Å². The number of aromatic nitrogens is 5. The van der Waals surface area contributed by atoms with Crippen molar-refractivity contribution in [2.24, 2.45) is 0 Å². The number of amides is 1. The van der Waals surface area contributed by atoms with Crippen molar-refractivity contribution in [3.05, 3.63) is 42.2 Å².